The van der Waals surface area contributed by atoms with Crippen LogP contribution in [0.5, 0.6) is 0 Å². The average Bonchev–Trinajstić information content (AvgIpc) is 2.43. The van der Waals surface area contributed by atoms with Crippen LogP contribution >= 0.6 is 0 Å². The number of halogens is 3. The van der Waals surface area contributed by atoms with Gasteiger partial charge < -0.3 is 4.55 Å². The van der Waals surface area contributed by atoms with Crippen molar-refractivity contribution in [1.82, 2.24) is 14.8 Å². The van der Waals surface area contributed by atoms with E-state index in [0.717, 1.165) is 0 Å². The molecule has 1 aromatic rings. The van der Waals surface area contributed by atoms with Gasteiger partial charge in [0, 0.05) is 6.54 Å². The zero-order valence-corrected chi connectivity index (χ0v) is 11.1. The Morgan fingerprint density at radius 1 is 1.38 bits per heavy atom. The maximum absolute atomic E-state index is 12.2. The minimum Gasteiger partial charge on any atom is -0.742 e. The summed E-state index contributed by atoms with van der Waals surface area (Å²) in [5.41, 5.74) is 0. The second-order valence-corrected chi connectivity index (χ2v) is 3.78. The van der Waals surface area contributed by atoms with Crippen LogP contribution in [0.25, 0.3) is 0 Å². The van der Waals surface area contributed by atoms with E-state index in [1.165, 1.54) is 6.92 Å². The number of alkyl halides is 3. The van der Waals surface area contributed by atoms with Gasteiger partial charge in [-0.3, -0.25) is 4.57 Å². The van der Waals surface area contributed by atoms with Gasteiger partial charge in [0.05, 0.1) is 0 Å². The summed E-state index contributed by atoms with van der Waals surface area (Å²) in [6.45, 7) is 0.881. The van der Waals surface area contributed by atoms with Gasteiger partial charge in [-0.15, -0.1) is 10.2 Å². The normalized spacial score (nSPS) is 12.3. The predicted molar refractivity (Wildman–Crippen MR) is 38.7 cm³/mol. The van der Waals surface area contributed by atoms with Gasteiger partial charge in [0.15, 0.2) is 10.1 Å². The molecule has 0 aliphatic heterocycles. The Labute approximate surface area is 111 Å². The molecule has 0 N–H and O–H groups in total. The Morgan fingerprint density at radius 2 is 1.88 bits per heavy atom. The maximum Gasteiger partial charge on any atom is 1.00 e. The first-order valence-corrected chi connectivity index (χ1v) is 5.05. The predicted octanol–water partition coefficient (Wildman–Crippen LogP) is -2.78. The molecule has 0 amide bonds. The molecule has 6 nitrogen and oxygen atoms in total. The Hall–Kier alpha value is -0.160. The third-order valence-corrected chi connectivity index (χ3v) is 2.26. The fourth-order valence-electron chi connectivity index (χ4n) is 0.968. The van der Waals surface area contributed by atoms with Gasteiger partial charge in [0.1, 0.15) is 0 Å². The van der Waals surface area contributed by atoms with E-state index < -0.39 is 27.3 Å². The summed E-state index contributed by atoms with van der Waals surface area (Å²) < 4.78 is 68.4. The molecule has 0 saturated heterocycles. The minimum atomic E-state index is -5.05. The largest absolute Gasteiger partial charge is 1.00 e. The van der Waals surface area contributed by atoms with Crippen molar-refractivity contribution in [1.29, 1.82) is 0 Å². The van der Waals surface area contributed by atoms with Crippen LogP contribution in [-0.2, 0) is 22.8 Å². The summed E-state index contributed by atoms with van der Waals surface area (Å²) in [4.78, 5) is 0. The summed E-state index contributed by atoms with van der Waals surface area (Å²) in [7, 11) is -5.05. The minimum absolute atomic E-state index is 0. The van der Waals surface area contributed by atoms with E-state index in [0.29, 0.717) is 0 Å². The summed E-state index contributed by atoms with van der Waals surface area (Å²) in [6, 6.07) is 0. The van der Waals surface area contributed by atoms with Crippen molar-refractivity contribution in [3.63, 3.8) is 0 Å². The molecule has 1 aromatic heterocycles. The van der Waals surface area contributed by atoms with Gasteiger partial charge in [-0.05, 0) is 6.92 Å². The molecule has 11 heteroatoms. The molecule has 0 aliphatic rings. The second kappa shape index (κ2) is 5.00. The number of rotatable bonds is 2. The van der Waals surface area contributed by atoms with E-state index in [4.69, 9.17) is 0 Å². The fraction of sp³-hybridized carbons (Fsp3) is 0.600. The van der Waals surface area contributed by atoms with Crippen LogP contribution in [0.4, 0.5) is 13.2 Å². The Bertz CT molecular complexity index is 469. The number of aromatic nitrogens is 3. The van der Waals surface area contributed by atoms with Crippen LogP contribution in [0.2, 0.25) is 0 Å². The third kappa shape index (κ3) is 3.17. The molecular weight excluding hydrogens is 262 g/mol. The quantitative estimate of drug-likeness (QED) is 0.427. The van der Waals surface area contributed by atoms with Crippen LogP contribution in [0.3, 0.4) is 0 Å². The van der Waals surface area contributed by atoms with Gasteiger partial charge >= 0.3 is 35.7 Å². The number of hydrogen-bond acceptors (Lipinski definition) is 5. The van der Waals surface area contributed by atoms with E-state index >= 15 is 0 Å². The Kier molecular flexibility index (Phi) is 4.95. The summed E-state index contributed by atoms with van der Waals surface area (Å²) in [6.07, 6.45) is -4.84. The standard InChI is InChI=1S/C5H6F3N3O3S.Na/c1-2-11-3(5(6,7)8)9-10-4(11)15(12,13)14;/h2H2,1H3,(H,12,13,14);/q;+1/p-1. The molecule has 0 bridgehead atoms. The monoisotopic (exact) mass is 267 g/mol. The van der Waals surface area contributed by atoms with Crippen LogP contribution in [-0.4, -0.2) is 27.7 Å². The molecule has 16 heavy (non-hydrogen) atoms. The van der Waals surface area contributed by atoms with Crippen LogP contribution in [0.1, 0.15) is 12.7 Å². The first kappa shape index (κ1) is 15.8. The zero-order chi connectivity index (χ0) is 11.9. The van der Waals surface area contributed by atoms with E-state index in [1.807, 2.05) is 0 Å². The van der Waals surface area contributed by atoms with Crippen molar-refractivity contribution in [2.45, 2.75) is 24.8 Å². The molecule has 0 unspecified atom stereocenters. The Morgan fingerprint density at radius 3 is 2.19 bits per heavy atom. The molecule has 0 aromatic carbocycles. The van der Waals surface area contributed by atoms with Crippen molar-refractivity contribution in [3.05, 3.63) is 5.82 Å². The third-order valence-electron chi connectivity index (χ3n) is 1.51. The van der Waals surface area contributed by atoms with Gasteiger partial charge in [0.25, 0.3) is 0 Å². The van der Waals surface area contributed by atoms with Gasteiger partial charge in [0.2, 0.25) is 11.0 Å². The molecule has 1 rings (SSSR count). The van der Waals surface area contributed by atoms with Crippen molar-refractivity contribution in [3.8, 4) is 0 Å². The summed E-state index contributed by atoms with van der Waals surface area (Å²) >= 11 is 0. The first-order chi connectivity index (χ1) is 6.68. The first-order valence-electron chi connectivity index (χ1n) is 3.64. The molecular formula is C5H5F3N3NaO3S. The van der Waals surface area contributed by atoms with Gasteiger partial charge in [-0.2, -0.15) is 13.2 Å². The molecule has 0 radical (unpaired) electrons. The van der Waals surface area contributed by atoms with Crippen molar-refractivity contribution < 1.29 is 55.7 Å². The molecule has 1 heterocycles. The van der Waals surface area contributed by atoms with Crippen LogP contribution in [0, 0.1) is 0 Å². The molecule has 0 spiro atoms. The molecule has 0 fully saturated rings. The topological polar surface area (TPSA) is 87.9 Å². The van der Waals surface area contributed by atoms with E-state index in [1.54, 1.807) is 0 Å². The Balaban J connectivity index is 0.00000225. The molecule has 0 atom stereocenters. The van der Waals surface area contributed by atoms with E-state index in [9.17, 15) is 26.1 Å². The SMILES string of the molecule is CCn1c(C(F)(F)F)nnc1S(=O)(=O)[O-].[Na+]. The maximum atomic E-state index is 12.2. The summed E-state index contributed by atoms with van der Waals surface area (Å²) in [5, 5.41) is 4.13. The average molecular weight is 267 g/mol. The summed E-state index contributed by atoms with van der Waals surface area (Å²) in [5.74, 6) is -1.50. The number of hydrogen-bond donors (Lipinski definition) is 0. The van der Waals surface area contributed by atoms with Crippen LogP contribution in [0.15, 0.2) is 5.16 Å². The van der Waals surface area contributed by atoms with Crippen molar-refractivity contribution >= 4 is 10.1 Å². The number of nitrogens with zero attached hydrogens (tertiary/aromatic N) is 3. The molecule has 0 aliphatic carbocycles. The van der Waals surface area contributed by atoms with E-state index in [2.05, 4.69) is 10.2 Å². The van der Waals surface area contributed by atoms with Crippen LogP contribution < -0.4 is 29.6 Å². The van der Waals surface area contributed by atoms with Gasteiger partial charge in [-0.25, -0.2) is 8.42 Å². The fourth-order valence-corrected chi connectivity index (χ4v) is 1.59. The molecule has 86 valence electrons. The van der Waals surface area contributed by atoms with Crippen molar-refractivity contribution in [2.75, 3.05) is 0 Å². The second-order valence-electron chi connectivity index (χ2n) is 2.50. The molecule has 0 saturated carbocycles. The van der Waals surface area contributed by atoms with E-state index in [-0.39, 0.29) is 40.7 Å². The van der Waals surface area contributed by atoms with Gasteiger partial charge in [-0.1, -0.05) is 0 Å². The van der Waals surface area contributed by atoms with Crippen molar-refractivity contribution in [2.24, 2.45) is 0 Å². The zero-order valence-electron chi connectivity index (χ0n) is 8.32. The smallest absolute Gasteiger partial charge is 0.742 e.